The topological polar surface area (TPSA) is 46.2 Å². The number of aliphatic hydroxyl groups is 1. The summed E-state index contributed by atoms with van der Waals surface area (Å²) in [6, 6.07) is -0.499. The van der Waals surface area contributed by atoms with Gasteiger partial charge in [0.25, 0.3) is 0 Å². The van der Waals surface area contributed by atoms with Gasteiger partial charge in [-0.2, -0.15) is 0 Å². The van der Waals surface area contributed by atoms with Crippen LogP contribution in [0.15, 0.2) is 10.5 Å². The maximum Gasteiger partial charge on any atom is 0.173 e. The molecule has 0 radical (unpaired) electrons. The molecule has 0 saturated heterocycles. The quantitative estimate of drug-likeness (QED) is 0.636. The summed E-state index contributed by atoms with van der Waals surface area (Å²) in [5.41, 5.74) is 4.56. The maximum absolute atomic E-state index is 13.1. The summed E-state index contributed by atoms with van der Waals surface area (Å²) in [6.07, 6.45) is 0. The van der Waals surface area contributed by atoms with Crippen LogP contribution in [0.5, 0.6) is 0 Å². The second kappa shape index (κ2) is 4.29. The first-order valence-electron chi connectivity index (χ1n) is 3.68. The van der Waals surface area contributed by atoms with E-state index in [1.165, 1.54) is 0 Å². The van der Waals surface area contributed by atoms with Crippen LogP contribution in [0.25, 0.3) is 0 Å². The lowest BCUT2D eigenvalue weighted by atomic mass is 10.1. The molecule has 0 aromatic heterocycles. The van der Waals surface area contributed by atoms with Crippen LogP contribution in [0, 0.1) is 17.5 Å². The van der Waals surface area contributed by atoms with Crippen molar-refractivity contribution in [2.45, 2.75) is 6.04 Å². The molecule has 6 heteroatoms. The SMILES string of the molecule is N[C@@H](CO)c1c(F)cc(Br)c(F)c1F. The Morgan fingerprint density at radius 2 is 1.93 bits per heavy atom. The average Bonchev–Trinajstić information content (AvgIpc) is 2.14. The Hall–Kier alpha value is -0.590. The van der Waals surface area contributed by atoms with E-state index in [4.69, 9.17) is 10.8 Å². The van der Waals surface area contributed by atoms with Gasteiger partial charge in [-0.15, -0.1) is 0 Å². The molecule has 0 aliphatic heterocycles. The number of benzene rings is 1. The first-order valence-corrected chi connectivity index (χ1v) is 4.47. The van der Waals surface area contributed by atoms with Crippen molar-refractivity contribution in [1.29, 1.82) is 0 Å². The maximum atomic E-state index is 13.1. The van der Waals surface area contributed by atoms with E-state index in [-0.39, 0.29) is 4.47 Å². The van der Waals surface area contributed by atoms with Gasteiger partial charge in [0.15, 0.2) is 11.6 Å². The number of halogens is 4. The van der Waals surface area contributed by atoms with E-state index in [2.05, 4.69) is 15.9 Å². The normalized spacial score (nSPS) is 13.0. The van der Waals surface area contributed by atoms with Gasteiger partial charge in [-0.25, -0.2) is 13.2 Å². The highest BCUT2D eigenvalue weighted by molar-refractivity contribution is 9.10. The van der Waals surface area contributed by atoms with E-state index >= 15 is 0 Å². The van der Waals surface area contributed by atoms with E-state index in [0.29, 0.717) is 0 Å². The van der Waals surface area contributed by atoms with Gasteiger partial charge >= 0.3 is 0 Å². The molecule has 2 nitrogen and oxygen atoms in total. The molecular formula is C8H7BrF3NO. The first-order chi connectivity index (χ1) is 6.49. The monoisotopic (exact) mass is 269 g/mol. The summed E-state index contributed by atoms with van der Waals surface area (Å²) in [5, 5.41) is 8.60. The highest BCUT2D eigenvalue weighted by atomic mass is 79.9. The Morgan fingerprint density at radius 3 is 2.43 bits per heavy atom. The van der Waals surface area contributed by atoms with Crippen LogP contribution in [-0.4, -0.2) is 11.7 Å². The third-order valence-electron chi connectivity index (χ3n) is 1.72. The fourth-order valence-corrected chi connectivity index (χ4v) is 1.39. The molecule has 0 amide bonds. The second-order valence-electron chi connectivity index (χ2n) is 2.67. The molecule has 0 heterocycles. The van der Waals surface area contributed by atoms with Crippen LogP contribution >= 0.6 is 15.9 Å². The van der Waals surface area contributed by atoms with Gasteiger partial charge in [-0.05, 0) is 22.0 Å². The number of aliphatic hydroxyl groups excluding tert-OH is 1. The van der Waals surface area contributed by atoms with Crippen molar-refractivity contribution in [3.8, 4) is 0 Å². The standard InChI is InChI=1S/C8H7BrF3NO/c9-3-1-4(10)6(5(13)2-14)8(12)7(3)11/h1,5,14H,2,13H2/t5-/m0/s1. The predicted octanol–water partition coefficient (Wildman–Crippen LogP) is 1.86. The van der Waals surface area contributed by atoms with Crippen molar-refractivity contribution in [2.24, 2.45) is 5.73 Å². The van der Waals surface area contributed by atoms with Crippen molar-refractivity contribution in [3.05, 3.63) is 33.6 Å². The molecule has 0 unspecified atom stereocenters. The predicted molar refractivity (Wildman–Crippen MR) is 48.0 cm³/mol. The molecular weight excluding hydrogens is 263 g/mol. The Bertz CT molecular complexity index is 359. The molecule has 0 saturated carbocycles. The minimum absolute atomic E-state index is 0.318. The Labute approximate surface area is 86.7 Å². The smallest absolute Gasteiger partial charge is 0.173 e. The van der Waals surface area contributed by atoms with E-state index in [9.17, 15) is 13.2 Å². The molecule has 0 fully saturated rings. The summed E-state index contributed by atoms with van der Waals surface area (Å²) in [7, 11) is 0. The van der Waals surface area contributed by atoms with Gasteiger partial charge in [0.05, 0.1) is 17.1 Å². The van der Waals surface area contributed by atoms with Crippen molar-refractivity contribution < 1.29 is 18.3 Å². The number of nitrogens with two attached hydrogens (primary N) is 1. The molecule has 14 heavy (non-hydrogen) atoms. The molecule has 0 aliphatic rings. The fourth-order valence-electron chi connectivity index (χ4n) is 1.01. The zero-order valence-corrected chi connectivity index (χ0v) is 8.48. The molecule has 1 aromatic carbocycles. The number of hydrogen-bond acceptors (Lipinski definition) is 2. The van der Waals surface area contributed by atoms with E-state index in [1.807, 2.05) is 0 Å². The van der Waals surface area contributed by atoms with Crippen molar-refractivity contribution in [3.63, 3.8) is 0 Å². The van der Waals surface area contributed by atoms with Crippen LogP contribution < -0.4 is 5.73 Å². The zero-order valence-electron chi connectivity index (χ0n) is 6.90. The summed E-state index contributed by atoms with van der Waals surface area (Å²) in [4.78, 5) is 0. The highest BCUT2D eigenvalue weighted by Gasteiger charge is 2.21. The molecule has 0 spiro atoms. The molecule has 0 bridgehead atoms. The zero-order chi connectivity index (χ0) is 10.9. The first kappa shape index (κ1) is 11.5. The van der Waals surface area contributed by atoms with Crippen LogP contribution in [0.1, 0.15) is 11.6 Å². The molecule has 1 rings (SSSR count). The van der Waals surface area contributed by atoms with Crippen LogP contribution in [0.2, 0.25) is 0 Å². The minimum atomic E-state index is -1.38. The van der Waals surface area contributed by atoms with E-state index in [0.717, 1.165) is 6.07 Å². The van der Waals surface area contributed by atoms with Crippen molar-refractivity contribution in [1.82, 2.24) is 0 Å². The largest absolute Gasteiger partial charge is 0.394 e. The Balaban J connectivity index is 3.36. The Kier molecular flexibility index (Phi) is 3.52. The van der Waals surface area contributed by atoms with Crippen molar-refractivity contribution >= 4 is 15.9 Å². The molecule has 0 aliphatic carbocycles. The second-order valence-corrected chi connectivity index (χ2v) is 3.53. The van der Waals surface area contributed by atoms with Crippen LogP contribution in [0.4, 0.5) is 13.2 Å². The van der Waals surface area contributed by atoms with E-state index < -0.39 is 35.7 Å². The number of hydrogen-bond donors (Lipinski definition) is 2. The highest BCUT2D eigenvalue weighted by Crippen LogP contribution is 2.27. The number of rotatable bonds is 2. The lowest BCUT2D eigenvalue weighted by Gasteiger charge is -2.12. The lowest BCUT2D eigenvalue weighted by molar-refractivity contribution is 0.261. The summed E-state index contributed by atoms with van der Waals surface area (Å²) < 4.78 is 38.8. The van der Waals surface area contributed by atoms with Crippen LogP contribution in [0.3, 0.4) is 0 Å². The average molecular weight is 270 g/mol. The third-order valence-corrected chi connectivity index (χ3v) is 2.29. The summed E-state index contributed by atoms with van der Waals surface area (Å²) in [6.45, 7) is -0.658. The van der Waals surface area contributed by atoms with Crippen LogP contribution in [-0.2, 0) is 0 Å². The minimum Gasteiger partial charge on any atom is -0.394 e. The fraction of sp³-hybridized carbons (Fsp3) is 0.250. The molecule has 1 atom stereocenters. The van der Waals surface area contributed by atoms with Gasteiger partial charge in [-0.1, -0.05) is 0 Å². The van der Waals surface area contributed by atoms with Crippen molar-refractivity contribution in [2.75, 3.05) is 6.61 Å². The molecule has 1 aromatic rings. The lowest BCUT2D eigenvalue weighted by Crippen LogP contribution is -2.19. The Morgan fingerprint density at radius 1 is 1.36 bits per heavy atom. The van der Waals surface area contributed by atoms with Gasteiger partial charge in [-0.3, -0.25) is 0 Å². The summed E-state index contributed by atoms with van der Waals surface area (Å²) >= 11 is 2.64. The summed E-state index contributed by atoms with van der Waals surface area (Å²) in [5.74, 6) is -3.58. The van der Waals surface area contributed by atoms with Gasteiger partial charge in [0, 0.05) is 5.56 Å². The van der Waals surface area contributed by atoms with E-state index in [1.54, 1.807) is 0 Å². The van der Waals surface area contributed by atoms with Gasteiger partial charge in [0.2, 0.25) is 0 Å². The van der Waals surface area contributed by atoms with Gasteiger partial charge in [0.1, 0.15) is 5.82 Å². The molecule has 78 valence electrons. The molecule has 3 N–H and O–H groups in total. The third kappa shape index (κ3) is 1.92. The van der Waals surface area contributed by atoms with Gasteiger partial charge < -0.3 is 10.8 Å².